The topological polar surface area (TPSA) is 79.7 Å². The van der Waals surface area contributed by atoms with E-state index in [-0.39, 0.29) is 18.7 Å². The second-order valence-electron chi connectivity index (χ2n) is 4.25. The van der Waals surface area contributed by atoms with Crippen LogP contribution in [0.1, 0.15) is 16.9 Å². The number of amides is 1. The van der Waals surface area contributed by atoms with E-state index in [1.54, 1.807) is 6.07 Å². The third-order valence-corrected chi connectivity index (χ3v) is 3.18. The predicted octanol–water partition coefficient (Wildman–Crippen LogP) is 0.483. The number of methoxy groups -OCH3 is 1. The van der Waals surface area contributed by atoms with Crippen molar-refractivity contribution >= 4 is 23.5 Å². The van der Waals surface area contributed by atoms with E-state index in [1.165, 1.54) is 24.3 Å². The van der Waals surface area contributed by atoms with Crippen LogP contribution in [0.4, 0.5) is 0 Å². The highest BCUT2D eigenvalue weighted by atomic mass is 35.5. The first-order chi connectivity index (χ1) is 9.02. The number of hydrogen-bond acceptors (Lipinski definition) is 5. The van der Waals surface area contributed by atoms with E-state index in [2.05, 4.69) is 9.72 Å². The van der Waals surface area contributed by atoms with Crippen LogP contribution in [0, 0.1) is 0 Å². The normalized spacial score (nSPS) is 22.4. The van der Waals surface area contributed by atoms with Crippen LogP contribution in [-0.2, 0) is 9.53 Å². The predicted molar refractivity (Wildman–Crippen MR) is 66.7 cm³/mol. The monoisotopic (exact) mass is 284 g/mol. The Kier molecular flexibility index (Phi) is 4.01. The number of likely N-dealkylation sites (tertiary alicyclic amines) is 1. The molecule has 1 aliphatic rings. The highest BCUT2D eigenvalue weighted by Crippen LogP contribution is 2.21. The van der Waals surface area contributed by atoms with Gasteiger partial charge in [-0.05, 0) is 12.1 Å². The zero-order valence-electron chi connectivity index (χ0n) is 10.2. The first-order valence-corrected chi connectivity index (χ1v) is 6.09. The number of esters is 1. The molecule has 102 valence electrons. The van der Waals surface area contributed by atoms with Gasteiger partial charge in [-0.2, -0.15) is 0 Å². The molecule has 1 N–H and O–H groups in total. The quantitative estimate of drug-likeness (QED) is 0.799. The summed E-state index contributed by atoms with van der Waals surface area (Å²) < 4.78 is 4.63. The van der Waals surface area contributed by atoms with Crippen molar-refractivity contribution in [3.05, 3.63) is 29.0 Å². The number of rotatable bonds is 2. The van der Waals surface area contributed by atoms with Crippen LogP contribution in [0.25, 0.3) is 0 Å². The van der Waals surface area contributed by atoms with Gasteiger partial charge in [0.25, 0.3) is 5.91 Å². The molecule has 0 spiro atoms. The van der Waals surface area contributed by atoms with Gasteiger partial charge in [-0.25, -0.2) is 9.78 Å². The maximum Gasteiger partial charge on any atom is 0.328 e. The van der Waals surface area contributed by atoms with Crippen LogP contribution in [0.5, 0.6) is 0 Å². The Labute approximate surface area is 114 Å². The number of carbonyl (C=O) groups is 2. The molecule has 1 aliphatic heterocycles. The van der Waals surface area contributed by atoms with Crippen molar-refractivity contribution in [2.24, 2.45) is 0 Å². The number of aliphatic hydroxyl groups is 1. The Hall–Kier alpha value is -1.66. The molecule has 1 aromatic rings. The number of β-amino-alcohol motifs (C(OH)–C–C–N with tert-alkyl or cyclic N) is 1. The van der Waals surface area contributed by atoms with Gasteiger partial charge in [0.1, 0.15) is 11.7 Å². The summed E-state index contributed by atoms with van der Waals surface area (Å²) in [6.45, 7) is 0.0862. The summed E-state index contributed by atoms with van der Waals surface area (Å²) in [5.74, 6) is -0.970. The summed E-state index contributed by atoms with van der Waals surface area (Å²) in [4.78, 5) is 29.0. The smallest absolute Gasteiger partial charge is 0.328 e. The van der Waals surface area contributed by atoms with Crippen molar-refractivity contribution < 1.29 is 19.4 Å². The van der Waals surface area contributed by atoms with E-state index in [1.807, 2.05) is 0 Å². The summed E-state index contributed by atoms with van der Waals surface area (Å²) in [6, 6.07) is 2.25. The number of pyridine rings is 1. The van der Waals surface area contributed by atoms with Crippen LogP contribution in [0.3, 0.4) is 0 Å². The number of ether oxygens (including phenoxy) is 1. The van der Waals surface area contributed by atoms with Crippen molar-refractivity contribution in [1.29, 1.82) is 0 Å². The molecule has 1 amide bonds. The Morgan fingerprint density at radius 2 is 2.26 bits per heavy atom. The molecule has 19 heavy (non-hydrogen) atoms. The number of aliphatic hydroxyl groups excluding tert-OH is 1. The van der Waals surface area contributed by atoms with Crippen molar-refractivity contribution in [2.45, 2.75) is 18.6 Å². The van der Waals surface area contributed by atoms with E-state index in [0.29, 0.717) is 5.02 Å². The zero-order chi connectivity index (χ0) is 14.0. The van der Waals surface area contributed by atoms with Gasteiger partial charge < -0.3 is 14.7 Å². The summed E-state index contributed by atoms with van der Waals surface area (Å²) in [7, 11) is 1.25. The third kappa shape index (κ3) is 2.85. The molecule has 2 unspecified atom stereocenters. The van der Waals surface area contributed by atoms with Gasteiger partial charge >= 0.3 is 5.97 Å². The van der Waals surface area contributed by atoms with Crippen molar-refractivity contribution in [2.75, 3.05) is 13.7 Å². The molecule has 0 aliphatic carbocycles. The Balaban J connectivity index is 2.21. The molecule has 2 atom stereocenters. The lowest BCUT2D eigenvalue weighted by Gasteiger charge is -2.21. The first-order valence-electron chi connectivity index (χ1n) is 5.71. The van der Waals surface area contributed by atoms with E-state index >= 15 is 0 Å². The van der Waals surface area contributed by atoms with E-state index < -0.39 is 24.0 Å². The number of nitrogens with zero attached hydrogens (tertiary/aromatic N) is 2. The fourth-order valence-electron chi connectivity index (χ4n) is 2.05. The van der Waals surface area contributed by atoms with Gasteiger partial charge in [0, 0.05) is 19.2 Å². The highest BCUT2D eigenvalue weighted by Gasteiger charge is 2.40. The van der Waals surface area contributed by atoms with Crippen molar-refractivity contribution in [3.8, 4) is 0 Å². The van der Waals surface area contributed by atoms with E-state index in [9.17, 15) is 14.7 Å². The molecule has 1 saturated heterocycles. The molecule has 0 saturated carbocycles. The minimum atomic E-state index is -0.773. The third-order valence-electron chi connectivity index (χ3n) is 2.96. The minimum absolute atomic E-state index is 0.0862. The molecule has 0 bridgehead atoms. The summed E-state index contributed by atoms with van der Waals surface area (Å²) in [6.07, 6.45) is 0.792. The van der Waals surface area contributed by atoms with Crippen LogP contribution >= 0.6 is 11.6 Å². The van der Waals surface area contributed by atoms with Gasteiger partial charge in [-0.15, -0.1) is 0 Å². The van der Waals surface area contributed by atoms with Gasteiger partial charge in [0.2, 0.25) is 0 Å². The van der Waals surface area contributed by atoms with Crippen LogP contribution in [-0.4, -0.2) is 52.7 Å². The Morgan fingerprint density at radius 1 is 1.53 bits per heavy atom. The second-order valence-corrected chi connectivity index (χ2v) is 4.68. The highest BCUT2D eigenvalue weighted by molar-refractivity contribution is 6.30. The van der Waals surface area contributed by atoms with Crippen LogP contribution in [0.2, 0.25) is 5.02 Å². The fourth-order valence-corrected chi connectivity index (χ4v) is 2.16. The average molecular weight is 285 g/mol. The maximum absolute atomic E-state index is 12.2. The molecule has 0 aromatic carbocycles. The lowest BCUT2D eigenvalue weighted by molar-refractivity contribution is -0.145. The van der Waals surface area contributed by atoms with E-state index in [0.717, 1.165) is 0 Å². The molecule has 7 heteroatoms. The zero-order valence-corrected chi connectivity index (χ0v) is 11.0. The molecule has 1 fully saturated rings. The molecule has 2 heterocycles. The molecule has 2 rings (SSSR count). The molecule has 6 nitrogen and oxygen atoms in total. The molecule has 1 aromatic heterocycles. The summed E-state index contributed by atoms with van der Waals surface area (Å²) in [5.41, 5.74) is 0.174. The molecular formula is C12H13ClN2O4. The minimum Gasteiger partial charge on any atom is -0.467 e. The van der Waals surface area contributed by atoms with E-state index in [4.69, 9.17) is 11.6 Å². The number of carbonyl (C=O) groups excluding carboxylic acids is 2. The number of aromatic nitrogens is 1. The van der Waals surface area contributed by atoms with Crippen LogP contribution in [0.15, 0.2) is 18.3 Å². The molecule has 0 radical (unpaired) electrons. The first kappa shape index (κ1) is 13.8. The van der Waals surface area contributed by atoms with Gasteiger partial charge in [0.05, 0.1) is 18.2 Å². The summed E-state index contributed by atoms with van der Waals surface area (Å²) >= 11 is 5.70. The Bertz CT molecular complexity index is 491. The van der Waals surface area contributed by atoms with Crippen molar-refractivity contribution in [3.63, 3.8) is 0 Å². The SMILES string of the molecule is COC(=O)C1CC(O)CN1C(=O)c1ccc(Cl)cn1. The maximum atomic E-state index is 12.2. The second kappa shape index (κ2) is 5.54. The standard InChI is InChI=1S/C12H13ClN2O4/c1-19-12(18)10-4-8(16)6-15(10)11(17)9-3-2-7(13)5-14-9/h2-3,5,8,10,16H,4,6H2,1H3. The van der Waals surface area contributed by atoms with Gasteiger partial charge in [-0.1, -0.05) is 11.6 Å². The molecular weight excluding hydrogens is 272 g/mol. The lowest BCUT2D eigenvalue weighted by atomic mass is 10.2. The largest absolute Gasteiger partial charge is 0.467 e. The average Bonchev–Trinajstić information content (AvgIpc) is 2.80. The fraction of sp³-hybridized carbons (Fsp3) is 0.417. The number of halogens is 1. The summed E-state index contributed by atoms with van der Waals surface area (Å²) in [5, 5.41) is 10.0. The Morgan fingerprint density at radius 3 is 2.84 bits per heavy atom. The van der Waals surface area contributed by atoms with Crippen LogP contribution < -0.4 is 0 Å². The number of hydrogen-bond donors (Lipinski definition) is 1. The van der Waals surface area contributed by atoms with Gasteiger partial charge in [0.15, 0.2) is 0 Å². The van der Waals surface area contributed by atoms with Gasteiger partial charge in [-0.3, -0.25) is 4.79 Å². The lowest BCUT2D eigenvalue weighted by Crippen LogP contribution is -2.41. The van der Waals surface area contributed by atoms with Crippen molar-refractivity contribution in [1.82, 2.24) is 9.88 Å².